The number of aliphatic hydroxyl groups is 2. The Morgan fingerprint density at radius 2 is 1.20 bits per heavy atom. The fraction of sp³-hybridized carbons (Fsp3) is 1.00. The third kappa shape index (κ3) is 10.5. The van der Waals surface area contributed by atoms with Crippen molar-refractivity contribution < 1.29 is 27.1 Å². The molecule has 2 N–H and O–H groups in total. The summed E-state index contributed by atoms with van der Waals surface area (Å²) in [5, 5.41) is 16.3. The van der Waals surface area contributed by atoms with Crippen LogP contribution in [0.1, 0.15) is 34.1 Å². The minimum absolute atomic E-state index is 0. The van der Waals surface area contributed by atoms with Crippen LogP contribution in [-0.2, 0) is 0 Å². The van der Waals surface area contributed by atoms with E-state index in [1.807, 2.05) is 0 Å². The van der Waals surface area contributed by atoms with Crippen LogP contribution < -0.4 is 12.4 Å². The molecule has 0 atom stereocenters. The molecule has 0 heterocycles. The molecule has 0 unspecified atom stereocenters. The van der Waals surface area contributed by atoms with Gasteiger partial charge in [-0.05, 0) is 27.7 Å². The van der Waals surface area contributed by atoms with Crippen molar-refractivity contribution in [2.75, 3.05) is 39.4 Å². The van der Waals surface area contributed by atoms with Gasteiger partial charge in [0.15, 0.2) is 0 Å². The molecule has 0 aromatic carbocycles. The molecule has 0 rings (SSSR count). The van der Waals surface area contributed by atoms with E-state index in [1.54, 1.807) is 6.92 Å². The van der Waals surface area contributed by atoms with E-state index < -0.39 is 0 Å². The summed E-state index contributed by atoms with van der Waals surface area (Å²) in [7, 11) is 0. The van der Waals surface area contributed by atoms with E-state index in [4.69, 9.17) is 10.2 Å². The summed E-state index contributed by atoms with van der Waals surface area (Å²) in [6.45, 7) is 13.6. The maximum absolute atomic E-state index is 8.71. The number of rotatable bonds is 6. The smallest absolute Gasteiger partial charge is 0.0808 e. The normalized spacial score (nSPS) is 10.0. The van der Waals surface area contributed by atoms with E-state index in [2.05, 4.69) is 20.8 Å². The highest BCUT2D eigenvalue weighted by molar-refractivity contribution is 4.38. The van der Waals surface area contributed by atoms with Gasteiger partial charge < -0.3 is 27.1 Å². The Hall–Kier alpha value is 0.170. The van der Waals surface area contributed by atoms with Gasteiger partial charge in [-0.1, -0.05) is 0 Å². The Kier molecular flexibility index (Phi) is 19.4. The molecule has 0 bridgehead atoms. The second-order valence-electron chi connectivity index (χ2n) is 3.41. The molecular weight excluding hydrogens is 214 g/mol. The summed E-state index contributed by atoms with van der Waals surface area (Å²) in [6.07, 6.45) is 0.940. The predicted molar refractivity (Wildman–Crippen MR) is 61.2 cm³/mol. The van der Waals surface area contributed by atoms with Crippen molar-refractivity contribution in [3.8, 4) is 0 Å². The van der Waals surface area contributed by atoms with Gasteiger partial charge in [0.2, 0.25) is 0 Å². The van der Waals surface area contributed by atoms with Crippen LogP contribution in [0.3, 0.4) is 0 Å². The van der Waals surface area contributed by atoms with E-state index in [0.29, 0.717) is 6.61 Å². The topological polar surface area (TPSA) is 40.5 Å². The fourth-order valence-electron chi connectivity index (χ4n) is 1.55. The molecule has 0 aliphatic heterocycles. The minimum atomic E-state index is 0. The first-order valence-electron chi connectivity index (χ1n) is 5.73. The van der Waals surface area contributed by atoms with E-state index in [9.17, 15) is 0 Å². The Morgan fingerprint density at radius 3 is 1.40 bits per heavy atom. The predicted octanol–water partition coefficient (Wildman–Crippen LogP) is -1.75. The van der Waals surface area contributed by atoms with Crippen molar-refractivity contribution in [2.45, 2.75) is 34.1 Å². The van der Waals surface area contributed by atoms with Gasteiger partial charge in [-0.25, -0.2) is 0 Å². The molecule has 0 aliphatic rings. The number of aliphatic hydroxyl groups excluding tert-OH is 2. The van der Waals surface area contributed by atoms with E-state index in [0.717, 1.165) is 17.4 Å². The van der Waals surface area contributed by atoms with Gasteiger partial charge in [0.05, 0.1) is 26.2 Å². The fourth-order valence-corrected chi connectivity index (χ4v) is 1.55. The molecule has 0 fully saturated rings. The first-order valence-corrected chi connectivity index (χ1v) is 5.73. The van der Waals surface area contributed by atoms with Crippen molar-refractivity contribution in [2.24, 2.45) is 0 Å². The SMILES string of the molecule is CCO.CC[N+](CC)(CC)CCCO.[Cl-]. The van der Waals surface area contributed by atoms with Gasteiger partial charge in [-0.15, -0.1) is 0 Å². The maximum Gasteiger partial charge on any atom is 0.0808 e. The van der Waals surface area contributed by atoms with Crippen LogP contribution in [0.15, 0.2) is 0 Å². The molecule has 0 aromatic heterocycles. The highest BCUT2D eigenvalue weighted by atomic mass is 35.5. The van der Waals surface area contributed by atoms with E-state index in [-0.39, 0.29) is 19.0 Å². The van der Waals surface area contributed by atoms with Gasteiger partial charge in [-0.2, -0.15) is 0 Å². The van der Waals surface area contributed by atoms with Crippen LogP contribution >= 0.6 is 0 Å². The Labute approximate surface area is 101 Å². The highest BCUT2D eigenvalue weighted by Crippen LogP contribution is 2.06. The lowest BCUT2D eigenvalue weighted by Crippen LogP contribution is -3.00. The maximum atomic E-state index is 8.71. The average Bonchev–Trinajstić information content (AvgIpc) is 2.22. The molecule has 0 aromatic rings. The van der Waals surface area contributed by atoms with Gasteiger partial charge in [0.1, 0.15) is 0 Å². The molecular formula is C11H28ClNO2. The molecule has 96 valence electrons. The zero-order valence-electron chi connectivity index (χ0n) is 10.7. The van der Waals surface area contributed by atoms with Crippen molar-refractivity contribution >= 4 is 0 Å². The van der Waals surface area contributed by atoms with Crippen LogP contribution in [0.5, 0.6) is 0 Å². The van der Waals surface area contributed by atoms with Crippen molar-refractivity contribution in [3.05, 3.63) is 0 Å². The molecule has 0 saturated carbocycles. The second kappa shape index (κ2) is 14.2. The Bertz CT molecular complexity index is 100. The molecule has 0 amide bonds. The standard InChI is InChI=1S/C9H22NO.C2H6O.ClH/c1-4-10(5-2,6-3)8-7-9-11;1-2-3;/h11H,4-9H2,1-3H3;3H,2H2,1H3;1H/q+1;;/p-1. The molecule has 4 heteroatoms. The highest BCUT2D eigenvalue weighted by Gasteiger charge is 2.18. The van der Waals surface area contributed by atoms with E-state index in [1.165, 1.54) is 19.6 Å². The van der Waals surface area contributed by atoms with Gasteiger partial charge in [0, 0.05) is 19.6 Å². The average molecular weight is 242 g/mol. The largest absolute Gasteiger partial charge is 1.00 e. The number of quaternary nitrogens is 1. The molecule has 0 aliphatic carbocycles. The van der Waals surface area contributed by atoms with Crippen LogP contribution in [0, 0.1) is 0 Å². The van der Waals surface area contributed by atoms with Gasteiger partial charge >= 0.3 is 0 Å². The quantitative estimate of drug-likeness (QED) is 0.542. The third-order valence-electron chi connectivity index (χ3n) is 2.80. The second-order valence-corrected chi connectivity index (χ2v) is 3.41. The van der Waals surface area contributed by atoms with Crippen LogP contribution in [0.25, 0.3) is 0 Å². The van der Waals surface area contributed by atoms with Crippen molar-refractivity contribution in [1.82, 2.24) is 0 Å². The summed E-state index contributed by atoms with van der Waals surface area (Å²) in [6, 6.07) is 0. The monoisotopic (exact) mass is 241 g/mol. The summed E-state index contributed by atoms with van der Waals surface area (Å²) in [4.78, 5) is 0. The lowest BCUT2D eigenvalue weighted by Gasteiger charge is -2.35. The minimum Gasteiger partial charge on any atom is -1.00 e. The van der Waals surface area contributed by atoms with Crippen molar-refractivity contribution in [1.29, 1.82) is 0 Å². The molecule has 0 radical (unpaired) electrons. The summed E-state index contributed by atoms with van der Waals surface area (Å²) >= 11 is 0. The first-order chi connectivity index (χ1) is 6.66. The van der Waals surface area contributed by atoms with Crippen LogP contribution in [-0.4, -0.2) is 54.1 Å². The van der Waals surface area contributed by atoms with Crippen LogP contribution in [0.2, 0.25) is 0 Å². The summed E-state index contributed by atoms with van der Waals surface area (Å²) < 4.78 is 1.15. The third-order valence-corrected chi connectivity index (χ3v) is 2.80. The number of halogens is 1. The van der Waals surface area contributed by atoms with Gasteiger partial charge in [-0.3, -0.25) is 0 Å². The Morgan fingerprint density at radius 1 is 0.867 bits per heavy atom. The van der Waals surface area contributed by atoms with Crippen molar-refractivity contribution in [3.63, 3.8) is 0 Å². The van der Waals surface area contributed by atoms with E-state index >= 15 is 0 Å². The Balaban J connectivity index is -0.000000320. The molecule has 3 nitrogen and oxygen atoms in total. The summed E-state index contributed by atoms with van der Waals surface area (Å²) in [5.41, 5.74) is 0. The first kappa shape index (κ1) is 20.6. The number of hydrogen-bond donors (Lipinski definition) is 2. The summed E-state index contributed by atoms with van der Waals surface area (Å²) in [5.74, 6) is 0. The zero-order valence-corrected chi connectivity index (χ0v) is 11.4. The van der Waals surface area contributed by atoms with Gasteiger partial charge in [0.25, 0.3) is 0 Å². The lowest BCUT2D eigenvalue weighted by molar-refractivity contribution is -0.923. The lowest BCUT2D eigenvalue weighted by atomic mass is 10.3. The van der Waals surface area contributed by atoms with Crippen LogP contribution in [0.4, 0.5) is 0 Å². The zero-order chi connectivity index (χ0) is 11.4. The number of hydrogen-bond acceptors (Lipinski definition) is 2. The molecule has 0 saturated heterocycles. The number of nitrogens with zero attached hydrogens (tertiary/aromatic N) is 1. The molecule has 0 spiro atoms. The molecule has 15 heavy (non-hydrogen) atoms.